The number of hydrogen-bond donors (Lipinski definition) is 2. The Hall–Kier alpha value is -2.97. The van der Waals surface area contributed by atoms with Crippen LogP contribution in [0.15, 0.2) is 17.1 Å². The van der Waals surface area contributed by atoms with Gasteiger partial charge in [-0.2, -0.15) is 0 Å². The van der Waals surface area contributed by atoms with Crippen LogP contribution in [0.2, 0.25) is 0 Å². The lowest BCUT2D eigenvalue weighted by atomic mass is 10.2. The van der Waals surface area contributed by atoms with Gasteiger partial charge in [-0.1, -0.05) is 0 Å². The summed E-state index contributed by atoms with van der Waals surface area (Å²) in [6, 6.07) is 1.17. The molecule has 2 saturated carbocycles. The van der Waals surface area contributed by atoms with Crippen molar-refractivity contribution in [3.05, 3.63) is 33.9 Å². The summed E-state index contributed by atoms with van der Waals surface area (Å²) in [5, 5.41) is 12.3. The normalized spacial score (nSPS) is 25.6. The van der Waals surface area contributed by atoms with Gasteiger partial charge >= 0.3 is 5.97 Å². The molecule has 2 aliphatic carbocycles. The number of anilines is 1. The number of carboxylic acids is 1. The molecule has 1 saturated heterocycles. The van der Waals surface area contributed by atoms with Gasteiger partial charge in [0.1, 0.15) is 11.2 Å². The van der Waals surface area contributed by atoms with Crippen molar-refractivity contribution >= 4 is 28.7 Å². The number of carbonyl (C=O) groups is 2. The zero-order valence-corrected chi connectivity index (χ0v) is 15.2. The molecular formula is C19H19FN4O4. The smallest absolute Gasteiger partial charge is 0.341 e. The van der Waals surface area contributed by atoms with Crippen LogP contribution in [-0.4, -0.2) is 45.2 Å². The largest absolute Gasteiger partial charge is 0.477 e. The molecule has 1 amide bonds. The van der Waals surface area contributed by atoms with Crippen LogP contribution in [0.3, 0.4) is 0 Å². The second kappa shape index (κ2) is 5.52. The molecule has 5 rings (SSSR count). The summed E-state index contributed by atoms with van der Waals surface area (Å²) in [5.74, 6) is -1.70. The zero-order chi connectivity index (χ0) is 19.8. The Morgan fingerprint density at radius 1 is 1.39 bits per heavy atom. The highest BCUT2D eigenvalue weighted by Crippen LogP contribution is 2.50. The molecule has 0 radical (unpaired) electrons. The topological polar surface area (TPSA) is 105 Å². The van der Waals surface area contributed by atoms with E-state index in [1.807, 2.05) is 0 Å². The van der Waals surface area contributed by atoms with Crippen LogP contribution in [0.5, 0.6) is 0 Å². The first kappa shape index (κ1) is 17.2. The second-order valence-corrected chi connectivity index (χ2v) is 8.10. The quantitative estimate of drug-likeness (QED) is 0.820. The molecular weight excluding hydrogens is 367 g/mol. The van der Waals surface area contributed by atoms with Crippen molar-refractivity contribution < 1.29 is 19.1 Å². The summed E-state index contributed by atoms with van der Waals surface area (Å²) in [7, 11) is 0. The molecule has 3 heterocycles. The number of amides is 1. The number of halogens is 1. The van der Waals surface area contributed by atoms with Gasteiger partial charge in [0.25, 0.3) is 0 Å². The number of nitrogens with zero attached hydrogens (tertiary/aromatic N) is 3. The number of piperidine rings is 1. The highest BCUT2D eigenvalue weighted by molar-refractivity contribution is 5.92. The lowest BCUT2D eigenvalue weighted by Crippen LogP contribution is -2.41. The molecule has 2 unspecified atom stereocenters. The zero-order valence-electron chi connectivity index (χ0n) is 15.2. The molecule has 2 aromatic heterocycles. The maximum absolute atomic E-state index is 14.9. The Morgan fingerprint density at radius 3 is 2.79 bits per heavy atom. The molecule has 2 atom stereocenters. The summed E-state index contributed by atoms with van der Waals surface area (Å²) < 4.78 is 16.6. The van der Waals surface area contributed by atoms with Crippen molar-refractivity contribution in [1.82, 2.24) is 14.9 Å². The average molecular weight is 386 g/mol. The van der Waals surface area contributed by atoms with Crippen molar-refractivity contribution in [3.63, 3.8) is 0 Å². The average Bonchev–Trinajstić information content (AvgIpc) is 3.53. The summed E-state index contributed by atoms with van der Waals surface area (Å²) >= 11 is 0. The molecule has 0 bridgehead atoms. The first-order chi connectivity index (χ1) is 13.3. The van der Waals surface area contributed by atoms with Gasteiger partial charge in [-0.3, -0.25) is 9.59 Å². The van der Waals surface area contributed by atoms with Gasteiger partial charge in [-0.15, -0.1) is 0 Å². The standard InChI is InChI=1S/C19H19FN4O4/c1-9(25)22-19-5-10(19)6-23(8-19)17-14(20)4-12-15(26)13(18(27)28)7-24(11-2-3-11)16(12)21-17/h4,7,10-11H,2-3,5-6,8H2,1H3,(H,22,25)(H,27,28). The van der Waals surface area contributed by atoms with Crippen LogP contribution in [0.1, 0.15) is 42.6 Å². The molecule has 2 N–H and O–H groups in total. The molecule has 0 spiro atoms. The number of pyridine rings is 2. The fraction of sp³-hybridized carbons (Fsp3) is 0.474. The van der Waals surface area contributed by atoms with E-state index in [9.17, 15) is 23.9 Å². The Morgan fingerprint density at radius 2 is 2.14 bits per heavy atom. The number of hydrogen-bond acceptors (Lipinski definition) is 5. The van der Waals surface area contributed by atoms with Crippen molar-refractivity contribution in [3.8, 4) is 0 Å². The van der Waals surface area contributed by atoms with Crippen molar-refractivity contribution in [2.75, 3.05) is 18.0 Å². The van der Waals surface area contributed by atoms with E-state index < -0.39 is 17.2 Å². The number of nitrogens with one attached hydrogen (secondary N) is 1. The van der Waals surface area contributed by atoms with E-state index in [4.69, 9.17) is 0 Å². The molecule has 3 aliphatic rings. The monoisotopic (exact) mass is 386 g/mol. The van der Waals surface area contributed by atoms with Crippen molar-refractivity contribution in [2.45, 2.75) is 37.8 Å². The van der Waals surface area contributed by atoms with E-state index in [0.717, 1.165) is 25.3 Å². The first-order valence-electron chi connectivity index (χ1n) is 9.31. The Balaban J connectivity index is 1.60. The van der Waals surface area contributed by atoms with Crippen molar-refractivity contribution in [1.29, 1.82) is 0 Å². The second-order valence-electron chi connectivity index (χ2n) is 8.10. The van der Waals surface area contributed by atoms with E-state index in [2.05, 4.69) is 10.3 Å². The SMILES string of the molecule is CC(=O)NC12CC1CN(c1nc3c(cc1F)c(=O)c(C(=O)O)cn3C1CC1)C2. The number of aromatic carboxylic acids is 1. The van der Waals surface area contributed by atoms with Crippen LogP contribution in [-0.2, 0) is 4.79 Å². The third kappa shape index (κ3) is 2.49. The number of carboxylic acid groups (broad SMARTS) is 1. The molecule has 3 fully saturated rings. The predicted molar refractivity (Wildman–Crippen MR) is 98.1 cm³/mol. The van der Waals surface area contributed by atoms with E-state index in [1.54, 1.807) is 9.47 Å². The van der Waals surface area contributed by atoms with Crippen LogP contribution in [0.25, 0.3) is 11.0 Å². The highest BCUT2D eigenvalue weighted by atomic mass is 19.1. The van der Waals surface area contributed by atoms with Crippen LogP contribution < -0.4 is 15.6 Å². The minimum atomic E-state index is -1.33. The fourth-order valence-electron chi connectivity index (χ4n) is 4.43. The van der Waals surface area contributed by atoms with Crippen LogP contribution in [0.4, 0.5) is 10.2 Å². The van der Waals surface area contributed by atoms with E-state index >= 15 is 0 Å². The predicted octanol–water partition coefficient (Wildman–Crippen LogP) is 1.28. The third-order valence-corrected chi connectivity index (χ3v) is 5.98. The maximum Gasteiger partial charge on any atom is 0.341 e. The van der Waals surface area contributed by atoms with Crippen molar-refractivity contribution in [2.24, 2.45) is 5.92 Å². The number of rotatable bonds is 4. The van der Waals surface area contributed by atoms with Gasteiger partial charge in [0.05, 0.1) is 10.9 Å². The molecule has 2 aromatic rings. The number of fused-ring (bicyclic) bond motifs is 2. The Bertz CT molecular complexity index is 1110. The molecule has 28 heavy (non-hydrogen) atoms. The summed E-state index contributed by atoms with van der Waals surface area (Å²) in [5.41, 5.74) is -1.11. The van der Waals surface area contributed by atoms with Gasteiger partial charge in [-0.25, -0.2) is 14.2 Å². The molecule has 1 aliphatic heterocycles. The van der Waals surface area contributed by atoms with Gasteiger partial charge in [-0.05, 0) is 25.3 Å². The minimum Gasteiger partial charge on any atom is -0.477 e. The summed E-state index contributed by atoms with van der Waals surface area (Å²) in [6.45, 7) is 2.51. The minimum absolute atomic E-state index is 0.0195. The lowest BCUT2D eigenvalue weighted by Gasteiger charge is -2.23. The van der Waals surface area contributed by atoms with Crippen LogP contribution >= 0.6 is 0 Å². The fourth-order valence-corrected chi connectivity index (χ4v) is 4.43. The Kier molecular flexibility index (Phi) is 3.38. The third-order valence-electron chi connectivity index (χ3n) is 5.98. The maximum atomic E-state index is 14.9. The first-order valence-corrected chi connectivity index (χ1v) is 9.31. The molecule has 146 valence electrons. The number of aromatic nitrogens is 2. The molecule has 9 heteroatoms. The van der Waals surface area contributed by atoms with E-state index in [0.29, 0.717) is 18.7 Å². The van der Waals surface area contributed by atoms with Gasteiger partial charge in [0.2, 0.25) is 11.3 Å². The van der Waals surface area contributed by atoms with E-state index in [1.165, 1.54) is 13.1 Å². The van der Waals surface area contributed by atoms with Gasteiger partial charge in [0, 0.05) is 38.2 Å². The lowest BCUT2D eigenvalue weighted by molar-refractivity contribution is -0.119. The highest BCUT2D eigenvalue weighted by Gasteiger charge is 2.61. The summed E-state index contributed by atoms with van der Waals surface area (Å²) in [6.07, 6.45) is 3.92. The van der Waals surface area contributed by atoms with Crippen LogP contribution in [0, 0.1) is 11.7 Å². The Labute approximate surface area is 159 Å². The molecule has 0 aromatic carbocycles. The molecule has 8 nitrogen and oxygen atoms in total. The van der Waals surface area contributed by atoms with E-state index in [-0.39, 0.29) is 40.2 Å². The van der Waals surface area contributed by atoms with Gasteiger partial charge < -0.3 is 19.9 Å². The summed E-state index contributed by atoms with van der Waals surface area (Å²) in [4.78, 5) is 41.6. The number of carbonyl (C=O) groups excluding carboxylic acids is 1. The van der Waals surface area contributed by atoms with Gasteiger partial charge in [0.15, 0.2) is 11.6 Å².